The predicted octanol–water partition coefficient (Wildman–Crippen LogP) is 4.09. The third-order valence-corrected chi connectivity index (χ3v) is 6.23. The van der Waals surface area contributed by atoms with Crippen LogP contribution in [0.3, 0.4) is 0 Å². The number of benzene rings is 2. The SMILES string of the molecule is Cc1cc2c(N)nccc2c(C)c1CNC(=O)/C(C=NCc1nc2ccccc2n1C(C)C)=C/N. The average Bonchev–Trinajstić information content (AvgIpc) is 3.21. The lowest BCUT2D eigenvalue weighted by molar-refractivity contribution is -0.117. The van der Waals surface area contributed by atoms with E-state index in [4.69, 9.17) is 16.5 Å². The predicted molar refractivity (Wildman–Crippen MR) is 142 cm³/mol. The Bertz CT molecular complexity index is 1460. The van der Waals surface area contributed by atoms with Crippen molar-refractivity contribution in [3.05, 3.63) is 76.9 Å². The average molecular weight is 470 g/mol. The van der Waals surface area contributed by atoms with Crippen molar-refractivity contribution in [2.45, 2.75) is 46.8 Å². The van der Waals surface area contributed by atoms with Crippen molar-refractivity contribution < 1.29 is 4.79 Å². The lowest BCUT2D eigenvalue weighted by Gasteiger charge is -2.15. The maximum absolute atomic E-state index is 12.8. The van der Waals surface area contributed by atoms with Gasteiger partial charge in [-0.05, 0) is 74.0 Å². The number of aromatic nitrogens is 3. The molecule has 1 amide bonds. The molecule has 8 heteroatoms. The second kappa shape index (κ2) is 9.97. The minimum absolute atomic E-state index is 0.236. The molecule has 0 radical (unpaired) electrons. The smallest absolute Gasteiger partial charge is 0.254 e. The first-order chi connectivity index (χ1) is 16.8. The quantitative estimate of drug-likeness (QED) is 0.278. The van der Waals surface area contributed by atoms with Gasteiger partial charge in [-0.2, -0.15) is 0 Å². The fraction of sp³-hybridized carbons (Fsp3) is 0.259. The number of nitrogen functional groups attached to an aromatic ring is 1. The van der Waals surface area contributed by atoms with Gasteiger partial charge >= 0.3 is 0 Å². The third-order valence-electron chi connectivity index (χ3n) is 6.23. The van der Waals surface area contributed by atoms with E-state index >= 15 is 0 Å². The molecule has 4 aromatic rings. The van der Waals surface area contributed by atoms with E-state index in [0.29, 0.717) is 24.5 Å². The molecule has 0 saturated heterocycles. The number of nitrogens with zero attached hydrogens (tertiary/aromatic N) is 4. The molecule has 35 heavy (non-hydrogen) atoms. The number of aryl methyl sites for hydroxylation is 2. The molecule has 0 bridgehead atoms. The van der Waals surface area contributed by atoms with E-state index in [1.807, 2.05) is 44.2 Å². The highest BCUT2D eigenvalue weighted by Crippen LogP contribution is 2.28. The normalized spacial score (nSPS) is 12.3. The van der Waals surface area contributed by atoms with Crippen LogP contribution in [0.5, 0.6) is 0 Å². The Morgan fingerprint density at radius 2 is 1.97 bits per heavy atom. The first-order valence-electron chi connectivity index (χ1n) is 11.6. The monoisotopic (exact) mass is 469 g/mol. The summed E-state index contributed by atoms with van der Waals surface area (Å²) in [5.74, 6) is 1.05. The Balaban J connectivity index is 1.48. The molecule has 4 rings (SSSR count). The summed E-state index contributed by atoms with van der Waals surface area (Å²) in [5, 5.41) is 4.91. The molecule has 0 aliphatic rings. The molecule has 0 atom stereocenters. The number of carbonyl (C=O) groups is 1. The van der Waals surface area contributed by atoms with Gasteiger partial charge in [0, 0.05) is 36.6 Å². The van der Waals surface area contributed by atoms with Gasteiger partial charge in [-0.25, -0.2) is 9.97 Å². The Hall–Kier alpha value is -4.20. The number of imidazole rings is 1. The molecule has 0 unspecified atom stereocenters. The number of nitrogens with one attached hydrogen (secondary N) is 1. The fourth-order valence-electron chi connectivity index (χ4n) is 4.46. The van der Waals surface area contributed by atoms with Crippen LogP contribution < -0.4 is 16.8 Å². The molecule has 2 heterocycles. The molecule has 0 fully saturated rings. The van der Waals surface area contributed by atoms with Crippen LogP contribution in [-0.2, 0) is 17.9 Å². The maximum atomic E-state index is 12.8. The molecular weight excluding hydrogens is 438 g/mol. The van der Waals surface area contributed by atoms with Crippen molar-refractivity contribution >= 4 is 39.7 Å². The van der Waals surface area contributed by atoms with Crippen molar-refractivity contribution in [2.75, 3.05) is 5.73 Å². The van der Waals surface area contributed by atoms with Gasteiger partial charge in [-0.1, -0.05) is 12.1 Å². The number of rotatable bonds is 7. The zero-order valence-electron chi connectivity index (χ0n) is 20.5. The summed E-state index contributed by atoms with van der Waals surface area (Å²) in [6, 6.07) is 12.2. The first-order valence-corrected chi connectivity index (χ1v) is 11.6. The van der Waals surface area contributed by atoms with Crippen LogP contribution in [0, 0.1) is 13.8 Å². The highest BCUT2D eigenvalue weighted by Gasteiger charge is 2.14. The zero-order chi connectivity index (χ0) is 25.1. The topological polar surface area (TPSA) is 124 Å². The molecular formula is C27H31N7O. The fourth-order valence-corrected chi connectivity index (χ4v) is 4.46. The Kier molecular flexibility index (Phi) is 6.82. The second-order valence-corrected chi connectivity index (χ2v) is 8.84. The van der Waals surface area contributed by atoms with Crippen molar-refractivity contribution in [1.82, 2.24) is 19.9 Å². The summed E-state index contributed by atoms with van der Waals surface area (Å²) < 4.78 is 2.16. The molecule has 0 aliphatic carbocycles. The van der Waals surface area contributed by atoms with Crippen LogP contribution in [0.15, 0.2) is 59.4 Å². The molecule has 0 spiro atoms. The van der Waals surface area contributed by atoms with E-state index in [1.54, 1.807) is 6.20 Å². The van der Waals surface area contributed by atoms with Crippen LogP contribution in [0.25, 0.3) is 21.8 Å². The van der Waals surface area contributed by atoms with Gasteiger partial charge in [0.05, 0.1) is 23.2 Å². The highest BCUT2D eigenvalue weighted by molar-refractivity contribution is 6.12. The Morgan fingerprint density at radius 1 is 1.20 bits per heavy atom. The summed E-state index contributed by atoms with van der Waals surface area (Å²) in [5.41, 5.74) is 17.2. The molecule has 2 aromatic carbocycles. The van der Waals surface area contributed by atoms with Crippen molar-refractivity contribution in [1.29, 1.82) is 0 Å². The minimum Gasteiger partial charge on any atom is -0.404 e. The van der Waals surface area contributed by atoms with E-state index in [0.717, 1.165) is 44.3 Å². The highest BCUT2D eigenvalue weighted by atomic mass is 16.1. The number of anilines is 1. The largest absolute Gasteiger partial charge is 0.404 e. The number of hydrogen-bond donors (Lipinski definition) is 3. The Morgan fingerprint density at radius 3 is 2.71 bits per heavy atom. The number of aliphatic imine (C=N–C) groups is 1. The van der Waals surface area contributed by atoms with E-state index < -0.39 is 0 Å². The van der Waals surface area contributed by atoms with E-state index in [1.165, 1.54) is 12.4 Å². The molecule has 5 N–H and O–H groups in total. The molecule has 2 aromatic heterocycles. The van der Waals surface area contributed by atoms with Gasteiger partial charge in [0.15, 0.2) is 0 Å². The van der Waals surface area contributed by atoms with Gasteiger partial charge in [-0.15, -0.1) is 0 Å². The van der Waals surface area contributed by atoms with E-state index in [-0.39, 0.29) is 11.9 Å². The van der Waals surface area contributed by atoms with Gasteiger partial charge in [0.2, 0.25) is 0 Å². The molecule has 8 nitrogen and oxygen atoms in total. The zero-order valence-corrected chi connectivity index (χ0v) is 20.5. The Labute approximate surface area is 204 Å². The van der Waals surface area contributed by atoms with Gasteiger partial charge in [-0.3, -0.25) is 9.79 Å². The number of pyridine rings is 1. The van der Waals surface area contributed by atoms with E-state index in [2.05, 4.69) is 39.8 Å². The standard InChI is InChI=1S/C27H31N7O/c1-16(2)34-24-8-6-5-7-23(24)33-25(34)15-30-13-19(12-28)27(35)32-14-22-17(3)11-21-20(18(22)4)9-10-31-26(21)29/h5-13,16H,14-15,28H2,1-4H3,(H2,29,31)(H,32,35)/b19-12+,30-13?. The van der Waals surface area contributed by atoms with Crippen LogP contribution >= 0.6 is 0 Å². The molecule has 0 saturated carbocycles. The number of hydrogen-bond acceptors (Lipinski definition) is 6. The summed E-state index contributed by atoms with van der Waals surface area (Å²) in [7, 11) is 0. The molecule has 0 aliphatic heterocycles. The second-order valence-electron chi connectivity index (χ2n) is 8.84. The summed E-state index contributed by atoms with van der Waals surface area (Å²) >= 11 is 0. The number of nitrogens with two attached hydrogens (primary N) is 2. The lowest BCUT2D eigenvalue weighted by atomic mass is 9.96. The van der Waals surface area contributed by atoms with Crippen LogP contribution in [0.1, 0.15) is 42.4 Å². The van der Waals surface area contributed by atoms with Crippen LogP contribution in [0.2, 0.25) is 0 Å². The van der Waals surface area contributed by atoms with Gasteiger partial charge in [0.1, 0.15) is 11.6 Å². The van der Waals surface area contributed by atoms with Gasteiger partial charge in [0.25, 0.3) is 5.91 Å². The number of carbonyl (C=O) groups excluding carboxylic acids is 1. The minimum atomic E-state index is -0.290. The van der Waals surface area contributed by atoms with Crippen molar-refractivity contribution in [3.8, 4) is 0 Å². The summed E-state index contributed by atoms with van der Waals surface area (Å²) in [4.78, 5) is 26.2. The number of fused-ring (bicyclic) bond motifs is 2. The molecule has 180 valence electrons. The van der Waals surface area contributed by atoms with Crippen LogP contribution in [0.4, 0.5) is 5.82 Å². The summed E-state index contributed by atoms with van der Waals surface area (Å²) in [6.07, 6.45) is 4.48. The maximum Gasteiger partial charge on any atom is 0.254 e. The number of amides is 1. The van der Waals surface area contributed by atoms with Crippen LogP contribution in [-0.4, -0.2) is 26.7 Å². The number of para-hydroxylation sites is 2. The first kappa shape index (κ1) is 23.9. The lowest BCUT2D eigenvalue weighted by Crippen LogP contribution is -2.26. The van der Waals surface area contributed by atoms with E-state index in [9.17, 15) is 4.79 Å². The van der Waals surface area contributed by atoms with Crippen molar-refractivity contribution in [3.63, 3.8) is 0 Å². The third kappa shape index (κ3) is 4.73. The summed E-state index contributed by atoms with van der Waals surface area (Å²) in [6.45, 7) is 8.96. The van der Waals surface area contributed by atoms with Gasteiger partial charge < -0.3 is 21.4 Å². The van der Waals surface area contributed by atoms with Crippen molar-refractivity contribution in [2.24, 2.45) is 10.7 Å².